The summed E-state index contributed by atoms with van der Waals surface area (Å²) in [5.41, 5.74) is 11.8. The van der Waals surface area contributed by atoms with Crippen molar-refractivity contribution >= 4 is 28.5 Å². The maximum Gasteiger partial charge on any atom is 0.266 e. The Kier molecular flexibility index (Phi) is 4.51. The molecular formula is C19H17FN8O. The number of anilines is 3. The molecule has 0 spiro atoms. The minimum atomic E-state index is -0.514. The molecular weight excluding hydrogens is 375 g/mol. The van der Waals surface area contributed by atoms with Crippen LogP contribution in [0.25, 0.3) is 16.6 Å². The van der Waals surface area contributed by atoms with Gasteiger partial charge in [0.05, 0.1) is 28.8 Å². The fraction of sp³-hybridized carbons (Fsp3) is 0.105. The molecule has 3 aromatic heterocycles. The van der Waals surface area contributed by atoms with Gasteiger partial charge in [-0.25, -0.2) is 9.37 Å². The first kappa shape index (κ1) is 18.3. The normalized spacial score (nSPS) is 12.1. The molecule has 5 N–H and O–H groups in total. The molecule has 0 aliphatic heterocycles. The zero-order valence-electron chi connectivity index (χ0n) is 15.4. The lowest BCUT2D eigenvalue weighted by atomic mass is 10.2. The standard InChI is InChI=1S/C19H17FN8O/c1-10(24-16-8-15(21)26-19(22)27-16)17-25-14-5-4-11(20)7-13(14)18(29)28(17)12-3-2-6-23-9-12/h2-10H,1H3,(H5,21,22,24,26,27)/t10-/m0/s1. The summed E-state index contributed by atoms with van der Waals surface area (Å²) in [5, 5.41) is 3.29. The van der Waals surface area contributed by atoms with Crippen LogP contribution >= 0.6 is 0 Å². The fourth-order valence-corrected chi connectivity index (χ4v) is 3.05. The van der Waals surface area contributed by atoms with E-state index in [1.54, 1.807) is 25.3 Å². The number of fused-ring (bicyclic) bond motifs is 1. The zero-order chi connectivity index (χ0) is 20.5. The molecule has 0 fully saturated rings. The van der Waals surface area contributed by atoms with E-state index in [0.29, 0.717) is 22.8 Å². The fourth-order valence-electron chi connectivity index (χ4n) is 3.05. The summed E-state index contributed by atoms with van der Waals surface area (Å²) in [7, 11) is 0. The lowest BCUT2D eigenvalue weighted by molar-refractivity contribution is 0.629. The van der Waals surface area contributed by atoms with Crippen molar-refractivity contribution in [2.24, 2.45) is 0 Å². The Morgan fingerprint density at radius 3 is 2.69 bits per heavy atom. The number of benzene rings is 1. The van der Waals surface area contributed by atoms with Crippen molar-refractivity contribution in [1.82, 2.24) is 24.5 Å². The van der Waals surface area contributed by atoms with Crippen LogP contribution in [-0.2, 0) is 0 Å². The summed E-state index contributed by atoms with van der Waals surface area (Å²) in [6.07, 6.45) is 3.13. The van der Waals surface area contributed by atoms with Gasteiger partial charge in [-0.2, -0.15) is 9.97 Å². The zero-order valence-corrected chi connectivity index (χ0v) is 15.4. The summed E-state index contributed by atoms with van der Waals surface area (Å²) < 4.78 is 15.1. The Bertz CT molecular complexity index is 1240. The van der Waals surface area contributed by atoms with Gasteiger partial charge in [0.1, 0.15) is 23.3 Å². The monoisotopic (exact) mass is 392 g/mol. The average molecular weight is 392 g/mol. The highest BCUT2D eigenvalue weighted by molar-refractivity contribution is 5.78. The van der Waals surface area contributed by atoms with Crippen molar-refractivity contribution in [3.8, 4) is 5.69 Å². The molecule has 146 valence electrons. The predicted octanol–water partition coefficient (Wildman–Crippen LogP) is 2.05. The van der Waals surface area contributed by atoms with Crippen LogP contribution in [-0.4, -0.2) is 24.5 Å². The van der Waals surface area contributed by atoms with Gasteiger partial charge in [0, 0.05) is 12.3 Å². The smallest absolute Gasteiger partial charge is 0.266 e. The van der Waals surface area contributed by atoms with Crippen LogP contribution in [0.4, 0.5) is 22.0 Å². The van der Waals surface area contributed by atoms with Crippen molar-refractivity contribution in [3.63, 3.8) is 0 Å². The number of rotatable bonds is 4. The number of nitrogen functional groups attached to an aromatic ring is 2. The number of nitrogens with one attached hydrogen (secondary N) is 1. The van der Waals surface area contributed by atoms with E-state index in [1.807, 2.05) is 0 Å². The van der Waals surface area contributed by atoms with Gasteiger partial charge in [-0.3, -0.25) is 14.3 Å². The molecule has 0 radical (unpaired) electrons. The minimum absolute atomic E-state index is 0.0197. The third-order valence-corrected chi connectivity index (χ3v) is 4.28. The molecule has 29 heavy (non-hydrogen) atoms. The summed E-state index contributed by atoms with van der Waals surface area (Å²) in [5.74, 6) is 0.483. The Labute approximate surface area is 164 Å². The molecule has 0 aliphatic rings. The summed E-state index contributed by atoms with van der Waals surface area (Å²) in [4.78, 5) is 29.8. The highest BCUT2D eigenvalue weighted by atomic mass is 19.1. The van der Waals surface area contributed by atoms with E-state index >= 15 is 0 Å². The second-order valence-electron chi connectivity index (χ2n) is 6.39. The second kappa shape index (κ2) is 7.15. The molecule has 9 nitrogen and oxygen atoms in total. The van der Waals surface area contributed by atoms with Gasteiger partial charge in [0.15, 0.2) is 0 Å². The quantitative estimate of drug-likeness (QED) is 0.480. The lowest BCUT2D eigenvalue weighted by Gasteiger charge is -2.20. The SMILES string of the molecule is C[C@H](Nc1cc(N)nc(N)n1)c1nc2ccc(F)cc2c(=O)n1-c1cccnc1. The van der Waals surface area contributed by atoms with Crippen LogP contribution in [0.2, 0.25) is 0 Å². The van der Waals surface area contributed by atoms with Crippen molar-refractivity contribution in [2.75, 3.05) is 16.8 Å². The van der Waals surface area contributed by atoms with Crippen LogP contribution in [0.1, 0.15) is 18.8 Å². The molecule has 3 heterocycles. The van der Waals surface area contributed by atoms with E-state index in [4.69, 9.17) is 11.5 Å². The molecule has 0 aliphatic carbocycles. The Morgan fingerprint density at radius 1 is 1.14 bits per heavy atom. The summed E-state index contributed by atoms with van der Waals surface area (Å²) >= 11 is 0. The molecule has 10 heteroatoms. The number of nitrogens with two attached hydrogens (primary N) is 2. The van der Waals surface area contributed by atoms with Crippen LogP contribution in [0, 0.1) is 5.82 Å². The number of nitrogens with zero attached hydrogens (tertiary/aromatic N) is 5. The number of hydrogen-bond acceptors (Lipinski definition) is 8. The number of pyridine rings is 1. The predicted molar refractivity (Wildman–Crippen MR) is 108 cm³/mol. The molecule has 4 aromatic rings. The van der Waals surface area contributed by atoms with Crippen molar-refractivity contribution in [2.45, 2.75) is 13.0 Å². The van der Waals surface area contributed by atoms with Crippen LogP contribution in [0.3, 0.4) is 0 Å². The van der Waals surface area contributed by atoms with Crippen LogP contribution in [0.5, 0.6) is 0 Å². The molecule has 4 rings (SSSR count). The Hall–Kier alpha value is -4.08. The number of aromatic nitrogens is 5. The lowest BCUT2D eigenvalue weighted by Crippen LogP contribution is -2.27. The van der Waals surface area contributed by atoms with Gasteiger partial charge >= 0.3 is 0 Å². The van der Waals surface area contributed by atoms with Crippen molar-refractivity contribution < 1.29 is 4.39 Å². The molecule has 1 aromatic carbocycles. The first-order chi connectivity index (χ1) is 13.9. The third-order valence-electron chi connectivity index (χ3n) is 4.28. The maximum absolute atomic E-state index is 13.7. The molecule has 0 bridgehead atoms. The van der Waals surface area contributed by atoms with E-state index < -0.39 is 17.4 Å². The Balaban J connectivity index is 1.90. The van der Waals surface area contributed by atoms with Gasteiger partial charge in [-0.05, 0) is 37.3 Å². The van der Waals surface area contributed by atoms with E-state index in [0.717, 1.165) is 0 Å². The molecule has 1 atom stereocenters. The molecule has 0 amide bonds. The third kappa shape index (κ3) is 3.55. The molecule has 0 saturated carbocycles. The second-order valence-corrected chi connectivity index (χ2v) is 6.39. The van der Waals surface area contributed by atoms with Gasteiger partial charge in [-0.15, -0.1) is 0 Å². The molecule has 0 unspecified atom stereocenters. The number of hydrogen-bond donors (Lipinski definition) is 3. The van der Waals surface area contributed by atoms with Gasteiger partial charge in [-0.1, -0.05) is 0 Å². The first-order valence-corrected chi connectivity index (χ1v) is 8.71. The topological polar surface area (TPSA) is 138 Å². The van der Waals surface area contributed by atoms with Crippen molar-refractivity contribution in [3.05, 3.63) is 70.8 Å². The largest absolute Gasteiger partial charge is 0.383 e. The minimum Gasteiger partial charge on any atom is -0.383 e. The van der Waals surface area contributed by atoms with E-state index in [9.17, 15) is 9.18 Å². The van der Waals surface area contributed by atoms with E-state index in [1.165, 1.54) is 35.0 Å². The van der Waals surface area contributed by atoms with E-state index in [-0.39, 0.29) is 17.2 Å². The number of halogens is 1. The molecule has 0 saturated heterocycles. The van der Waals surface area contributed by atoms with Crippen molar-refractivity contribution in [1.29, 1.82) is 0 Å². The summed E-state index contributed by atoms with van der Waals surface area (Å²) in [6.45, 7) is 1.80. The van der Waals surface area contributed by atoms with Crippen LogP contribution in [0.15, 0.2) is 53.6 Å². The maximum atomic E-state index is 13.7. The average Bonchev–Trinajstić information content (AvgIpc) is 2.68. The highest BCUT2D eigenvalue weighted by Crippen LogP contribution is 2.22. The highest BCUT2D eigenvalue weighted by Gasteiger charge is 2.19. The van der Waals surface area contributed by atoms with Gasteiger partial charge in [0.2, 0.25) is 5.95 Å². The van der Waals surface area contributed by atoms with E-state index in [2.05, 4.69) is 25.3 Å². The Morgan fingerprint density at radius 2 is 1.97 bits per heavy atom. The summed E-state index contributed by atoms with van der Waals surface area (Å²) in [6, 6.07) is 8.36. The van der Waals surface area contributed by atoms with Gasteiger partial charge < -0.3 is 16.8 Å². The van der Waals surface area contributed by atoms with Gasteiger partial charge in [0.25, 0.3) is 5.56 Å². The van der Waals surface area contributed by atoms with Crippen LogP contribution < -0.4 is 22.3 Å². The first-order valence-electron chi connectivity index (χ1n) is 8.71.